The number of carbonyl (C=O) groups is 3. The molecule has 1 fully saturated rings. The van der Waals surface area contributed by atoms with Gasteiger partial charge in [0.2, 0.25) is 11.8 Å². The van der Waals surface area contributed by atoms with E-state index in [4.69, 9.17) is 0 Å². The van der Waals surface area contributed by atoms with Gasteiger partial charge < -0.3 is 10.2 Å². The first-order valence-electron chi connectivity index (χ1n) is 8.77. The van der Waals surface area contributed by atoms with E-state index in [1.807, 2.05) is 12.1 Å². The summed E-state index contributed by atoms with van der Waals surface area (Å²) in [5, 5.41) is 5.62. The lowest BCUT2D eigenvalue weighted by Gasteiger charge is -2.29. The molecule has 1 aromatic rings. The van der Waals surface area contributed by atoms with Crippen LogP contribution in [0.25, 0.3) is 0 Å². The molecule has 1 saturated heterocycles. The van der Waals surface area contributed by atoms with Gasteiger partial charge in [-0.05, 0) is 18.6 Å². The Hall–Kier alpha value is -2.59. The van der Waals surface area contributed by atoms with Gasteiger partial charge >= 0.3 is 0 Å². The number of amides is 3. The molecule has 136 valence electrons. The van der Waals surface area contributed by atoms with Gasteiger partial charge in [0.25, 0.3) is 5.91 Å². The SMILES string of the molecule is C[Si](C)(C)C#CCNc1cccc2c1CN(C1CCC(=O)NC1=O)C2=O. The molecule has 3 rings (SSSR count). The van der Waals surface area contributed by atoms with Crippen molar-refractivity contribution in [2.75, 3.05) is 11.9 Å². The first kappa shape index (κ1) is 18.2. The van der Waals surface area contributed by atoms with Gasteiger partial charge in [-0.25, -0.2) is 0 Å². The van der Waals surface area contributed by atoms with E-state index >= 15 is 0 Å². The Morgan fingerprint density at radius 3 is 2.73 bits per heavy atom. The van der Waals surface area contributed by atoms with Gasteiger partial charge in [-0.2, -0.15) is 0 Å². The maximum atomic E-state index is 12.7. The summed E-state index contributed by atoms with van der Waals surface area (Å²) in [5.74, 6) is 2.33. The molecule has 0 aromatic heterocycles. The van der Waals surface area contributed by atoms with Crippen LogP contribution in [0.15, 0.2) is 18.2 Å². The summed E-state index contributed by atoms with van der Waals surface area (Å²) >= 11 is 0. The lowest BCUT2D eigenvalue weighted by Crippen LogP contribution is -2.52. The van der Waals surface area contributed by atoms with Crippen molar-refractivity contribution in [2.24, 2.45) is 0 Å². The van der Waals surface area contributed by atoms with E-state index in [0.29, 0.717) is 25.1 Å². The molecule has 1 atom stereocenters. The number of anilines is 1. The molecule has 7 heteroatoms. The van der Waals surface area contributed by atoms with Gasteiger partial charge in [-0.3, -0.25) is 19.7 Å². The first-order chi connectivity index (χ1) is 12.3. The minimum atomic E-state index is -1.41. The molecule has 2 heterocycles. The number of carbonyl (C=O) groups excluding carboxylic acids is 3. The van der Waals surface area contributed by atoms with Crippen LogP contribution in [0, 0.1) is 11.5 Å². The summed E-state index contributed by atoms with van der Waals surface area (Å²) in [5.41, 5.74) is 5.67. The molecular formula is C19H23N3O3Si. The second-order valence-electron chi connectivity index (χ2n) is 7.64. The minimum Gasteiger partial charge on any atom is -0.374 e. The highest BCUT2D eigenvalue weighted by atomic mass is 28.3. The molecule has 0 bridgehead atoms. The molecule has 0 spiro atoms. The normalized spacial score (nSPS) is 19.6. The summed E-state index contributed by atoms with van der Waals surface area (Å²) in [6.07, 6.45) is 0.628. The number of imide groups is 1. The van der Waals surface area contributed by atoms with E-state index in [1.165, 1.54) is 0 Å². The van der Waals surface area contributed by atoms with E-state index in [-0.39, 0.29) is 18.2 Å². The predicted octanol–water partition coefficient (Wildman–Crippen LogP) is 1.74. The van der Waals surface area contributed by atoms with Gasteiger partial charge in [0.15, 0.2) is 0 Å². The van der Waals surface area contributed by atoms with Crippen LogP contribution in [0.2, 0.25) is 19.6 Å². The molecule has 2 N–H and O–H groups in total. The van der Waals surface area contributed by atoms with E-state index < -0.39 is 20.0 Å². The van der Waals surface area contributed by atoms with E-state index in [1.54, 1.807) is 11.0 Å². The maximum Gasteiger partial charge on any atom is 0.255 e. The van der Waals surface area contributed by atoms with Crippen molar-refractivity contribution in [3.63, 3.8) is 0 Å². The Kier molecular flexibility index (Phi) is 4.87. The number of hydrogen-bond acceptors (Lipinski definition) is 4. The highest BCUT2D eigenvalue weighted by Gasteiger charge is 2.39. The Bertz CT molecular complexity index is 833. The summed E-state index contributed by atoms with van der Waals surface area (Å²) in [6, 6.07) is 4.95. The predicted molar refractivity (Wildman–Crippen MR) is 102 cm³/mol. The van der Waals surface area contributed by atoms with Crippen molar-refractivity contribution >= 4 is 31.5 Å². The number of rotatable bonds is 3. The summed E-state index contributed by atoms with van der Waals surface area (Å²) < 4.78 is 0. The van der Waals surface area contributed by atoms with E-state index in [9.17, 15) is 14.4 Å². The fourth-order valence-electron chi connectivity index (χ4n) is 3.20. The molecule has 3 amide bonds. The van der Waals surface area contributed by atoms with E-state index in [0.717, 1.165) is 11.3 Å². The Balaban J connectivity index is 1.76. The van der Waals surface area contributed by atoms with Gasteiger partial charge in [0, 0.05) is 29.8 Å². The standard InChI is InChI=1S/C19H23N3O3Si/c1-26(2,3)11-5-10-20-15-7-4-6-13-14(15)12-22(19(13)25)16-8-9-17(23)21-18(16)24/h4,6-7,16,20H,8-10,12H2,1-3H3,(H,21,23,24). The minimum absolute atomic E-state index is 0.161. The fourth-order valence-corrected chi connectivity index (χ4v) is 3.82. The van der Waals surface area contributed by atoms with Crippen LogP contribution >= 0.6 is 0 Å². The zero-order valence-electron chi connectivity index (χ0n) is 15.3. The first-order valence-corrected chi connectivity index (χ1v) is 12.3. The van der Waals surface area contributed by atoms with Crippen LogP contribution in [-0.2, 0) is 16.1 Å². The van der Waals surface area contributed by atoms with Crippen molar-refractivity contribution in [3.8, 4) is 11.5 Å². The number of piperidine rings is 1. The van der Waals surface area contributed by atoms with Gasteiger partial charge in [-0.1, -0.05) is 31.6 Å². The fraction of sp³-hybridized carbons (Fsp3) is 0.421. The lowest BCUT2D eigenvalue weighted by molar-refractivity contribution is -0.136. The molecular weight excluding hydrogens is 346 g/mol. The highest BCUT2D eigenvalue weighted by molar-refractivity contribution is 6.83. The highest BCUT2D eigenvalue weighted by Crippen LogP contribution is 2.32. The molecule has 0 saturated carbocycles. The molecule has 2 aliphatic rings. The Morgan fingerprint density at radius 2 is 2.04 bits per heavy atom. The van der Waals surface area contributed by atoms with E-state index in [2.05, 4.69) is 41.7 Å². The topological polar surface area (TPSA) is 78.5 Å². The third-order valence-electron chi connectivity index (χ3n) is 4.41. The average Bonchev–Trinajstić information content (AvgIpc) is 2.89. The summed E-state index contributed by atoms with van der Waals surface area (Å²) in [6.45, 7) is 7.46. The van der Waals surface area contributed by atoms with Crippen molar-refractivity contribution < 1.29 is 14.4 Å². The zero-order chi connectivity index (χ0) is 18.9. The third kappa shape index (κ3) is 3.80. The van der Waals surface area contributed by atoms with Crippen LogP contribution in [-0.4, -0.2) is 43.3 Å². The van der Waals surface area contributed by atoms with Crippen LogP contribution in [0.4, 0.5) is 5.69 Å². The van der Waals surface area contributed by atoms with Crippen molar-refractivity contribution in [1.29, 1.82) is 0 Å². The molecule has 0 radical (unpaired) electrons. The van der Waals surface area contributed by atoms with Crippen LogP contribution in [0.3, 0.4) is 0 Å². The number of nitrogens with zero attached hydrogens (tertiary/aromatic N) is 1. The molecule has 2 aliphatic heterocycles. The Morgan fingerprint density at radius 1 is 1.27 bits per heavy atom. The second kappa shape index (κ2) is 6.96. The summed E-state index contributed by atoms with van der Waals surface area (Å²) in [4.78, 5) is 37.8. The van der Waals surface area contributed by atoms with Crippen molar-refractivity contribution in [2.45, 2.75) is 45.1 Å². The maximum absolute atomic E-state index is 12.7. The lowest BCUT2D eigenvalue weighted by atomic mass is 10.0. The van der Waals surface area contributed by atoms with Crippen LogP contribution in [0.1, 0.15) is 28.8 Å². The molecule has 0 aliphatic carbocycles. The third-order valence-corrected chi connectivity index (χ3v) is 5.34. The molecule has 1 aromatic carbocycles. The zero-order valence-corrected chi connectivity index (χ0v) is 16.3. The monoisotopic (exact) mass is 369 g/mol. The number of fused-ring (bicyclic) bond motifs is 1. The second-order valence-corrected chi connectivity index (χ2v) is 12.4. The number of nitrogens with one attached hydrogen (secondary N) is 2. The average molecular weight is 369 g/mol. The van der Waals surface area contributed by atoms with Crippen LogP contribution < -0.4 is 10.6 Å². The Labute approximate surface area is 154 Å². The van der Waals surface area contributed by atoms with Gasteiger partial charge in [0.05, 0.1) is 6.54 Å². The number of hydrogen-bond donors (Lipinski definition) is 2. The largest absolute Gasteiger partial charge is 0.374 e. The van der Waals surface area contributed by atoms with Gasteiger partial charge in [0.1, 0.15) is 14.1 Å². The molecule has 1 unspecified atom stereocenters. The summed E-state index contributed by atoms with van der Waals surface area (Å²) in [7, 11) is -1.41. The van der Waals surface area contributed by atoms with Crippen molar-refractivity contribution in [1.82, 2.24) is 10.2 Å². The number of benzene rings is 1. The quantitative estimate of drug-likeness (QED) is 0.483. The van der Waals surface area contributed by atoms with Crippen LogP contribution in [0.5, 0.6) is 0 Å². The van der Waals surface area contributed by atoms with Crippen molar-refractivity contribution in [3.05, 3.63) is 29.3 Å². The molecule has 6 nitrogen and oxygen atoms in total. The van der Waals surface area contributed by atoms with Gasteiger partial charge in [-0.15, -0.1) is 5.54 Å². The molecule has 26 heavy (non-hydrogen) atoms. The smallest absolute Gasteiger partial charge is 0.255 e.